The molecule has 0 spiro atoms. The van der Waals surface area contributed by atoms with Crippen LogP contribution in [0.4, 0.5) is 0 Å². The topological polar surface area (TPSA) is 89.5 Å². The summed E-state index contributed by atoms with van der Waals surface area (Å²) in [6.07, 6.45) is -0.987. The van der Waals surface area contributed by atoms with Crippen molar-refractivity contribution in [1.29, 1.82) is 0 Å². The van der Waals surface area contributed by atoms with Crippen molar-refractivity contribution in [2.24, 2.45) is 0 Å². The molecular formula is C19H21NO5S. The van der Waals surface area contributed by atoms with Crippen LogP contribution in [0.3, 0.4) is 0 Å². The van der Waals surface area contributed by atoms with Crippen molar-refractivity contribution in [2.75, 3.05) is 0 Å². The van der Waals surface area contributed by atoms with E-state index in [9.17, 15) is 18.0 Å². The maximum atomic E-state index is 12.3. The van der Waals surface area contributed by atoms with Crippen LogP contribution < -0.4 is 4.72 Å². The Morgan fingerprint density at radius 3 is 2.15 bits per heavy atom. The van der Waals surface area contributed by atoms with Gasteiger partial charge in [-0.3, -0.25) is 4.79 Å². The van der Waals surface area contributed by atoms with E-state index < -0.39 is 22.1 Å². The molecule has 138 valence electrons. The summed E-state index contributed by atoms with van der Waals surface area (Å²) in [6.45, 7) is 4.88. The van der Waals surface area contributed by atoms with Gasteiger partial charge in [-0.2, -0.15) is 0 Å². The summed E-state index contributed by atoms with van der Waals surface area (Å²) in [6, 6.07) is 13.7. The summed E-state index contributed by atoms with van der Waals surface area (Å²) in [4.78, 5) is 24.5. The molecule has 7 heteroatoms. The highest BCUT2D eigenvalue weighted by Crippen LogP contribution is 2.15. The third-order valence-electron chi connectivity index (χ3n) is 3.48. The van der Waals surface area contributed by atoms with E-state index in [1.165, 1.54) is 31.2 Å². The first kappa shape index (κ1) is 19.8. The molecule has 0 aliphatic rings. The molecule has 0 aromatic heterocycles. The molecule has 0 aliphatic heterocycles. The first-order valence-electron chi connectivity index (χ1n) is 8.13. The van der Waals surface area contributed by atoms with E-state index in [0.717, 1.165) is 0 Å². The maximum absolute atomic E-state index is 12.3. The highest BCUT2D eigenvalue weighted by atomic mass is 32.2. The van der Waals surface area contributed by atoms with Crippen LogP contribution in [0.1, 0.15) is 41.5 Å². The number of ketones is 1. The van der Waals surface area contributed by atoms with E-state index in [1.807, 2.05) is 0 Å². The number of benzene rings is 2. The number of ether oxygens (including phenoxy) is 1. The predicted octanol–water partition coefficient (Wildman–Crippen LogP) is 2.80. The predicted molar refractivity (Wildman–Crippen MR) is 97.5 cm³/mol. The molecule has 26 heavy (non-hydrogen) atoms. The van der Waals surface area contributed by atoms with Crippen LogP contribution in [-0.4, -0.2) is 32.3 Å². The highest BCUT2D eigenvalue weighted by molar-refractivity contribution is 7.89. The molecule has 0 saturated heterocycles. The molecule has 0 heterocycles. The lowest BCUT2D eigenvalue weighted by atomic mass is 10.1. The van der Waals surface area contributed by atoms with Gasteiger partial charge in [0.25, 0.3) is 0 Å². The zero-order valence-electron chi connectivity index (χ0n) is 14.8. The van der Waals surface area contributed by atoms with E-state index in [0.29, 0.717) is 5.56 Å². The monoisotopic (exact) mass is 375 g/mol. The highest BCUT2D eigenvalue weighted by Gasteiger charge is 2.22. The summed E-state index contributed by atoms with van der Waals surface area (Å²) in [5, 5.41) is 0. The SMILES string of the molecule is CC(C)NS(=O)(=O)c1cccc(C(=O)O[C@@H](C)C(=O)c2ccccc2)c1. The number of hydrogen-bond acceptors (Lipinski definition) is 5. The van der Waals surface area contributed by atoms with Crippen LogP contribution >= 0.6 is 0 Å². The van der Waals surface area contributed by atoms with Gasteiger partial charge in [-0.1, -0.05) is 36.4 Å². The maximum Gasteiger partial charge on any atom is 0.338 e. The number of carbonyl (C=O) groups is 2. The molecule has 2 aromatic rings. The Balaban J connectivity index is 2.15. The largest absolute Gasteiger partial charge is 0.451 e. The second-order valence-electron chi connectivity index (χ2n) is 6.08. The lowest BCUT2D eigenvalue weighted by molar-refractivity contribution is 0.0318. The lowest BCUT2D eigenvalue weighted by Gasteiger charge is -2.13. The van der Waals surface area contributed by atoms with Gasteiger partial charge in [-0.25, -0.2) is 17.9 Å². The smallest absolute Gasteiger partial charge is 0.338 e. The Morgan fingerprint density at radius 2 is 1.54 bits per heavy atom. The van der Waals surface area contributed by atoms with Crippen molar-refractivity contribution in [3.8, 4) is 0 Å². The Bertz CT molecular complexity index is 891. The minimum atomic E-state index is -3.73. The molecule has 6 nitrogen and oxygen atoms in total. The Morgan fingerprint density at radius 1 is 0.923 bits per heavy atom. The minimum Gasteiger partial charge on any atom is -0.451 e. The Labute approximate surface area is 153 Å². The van der Waals surface area contributed by atoms with Crippen LogP contribution in [0.5, 0.6) is 0 Å². The van der Waals surface area contributed by atoms with E-state index in [4.69, 9.17) is 4.74 Å². The van der Waals surface area contributed by atoms with Crippen LogP contribution in [-0.2, 0) is 14.8 Å². The normalized spacial score (nSPS) is 12.6. The fourth-order valence-corrected chi connectivity index (χ4v) is 3.58. The van der Waals surface area contributed by atoms with Crippen LogP contribution in [0.25, 0.3) is 0 Å². The number of sulfonamides is 1. The first-order valence-corrected chi connectivity index (χ1v) is 9.61. The van der Waals surface area contributed by atoms with Gasteiger partial charge in [-0.15, -0.1) is 0 Å². The van der Waals surface area contributed by atoms with Crippen molar-refractivity contribution in [1.82, 2.24) is 4.72 Å². The molecule has 0 radical (unpaired) electrons. The quantitative estimate of drug-likeness (QED) is 0.594. The standard InChI is InChI=1S/C19H21NO5S/c1-13(2)20-26(23,24)17-11-7-10-16(12-17)19(22)25-14(3)18(21)15-8-5-4-6-9-15/h4-14,20H,1-3H3/t14-/m0/s1. The van der Waals surface area contributed by atoms with Crippen molar-refractivity contribution in [3.05, 3.63) is 65.7 Å². The van der Waals surface area contributed by atoms with Gasteiger partial charge in [0.05, 0.1) is 10.5 Å². The summed E-state index contributed by atoms with van der Waals surface area (Å²) in [5.74, 6) is -1.09. The second-order valence-corrected chi connectivity index (χ2v) is 7.80. The number of hydrogen-bond donors (Lipinski definition) is 1. The second kappa shape index (κ2) is 8.25. The van der Waals surface area contributed by atoms with Gasteiger partial charge in [0.1, 0.15) is 0 Å². The molecular weight excluding hydrogens is 354 g/mol. The van der Waals surface area contributed by atoms with Gasteiger partial charge in [0.15, 0.2) is 6.10 Å². The van der Waals surface area contributed by atoms with Gasteiger partial charge in [-0.05, 0) is 39.0 Å². The van der Waals surface area contributed by atoms with Crippen molar-refractivity contribution >= 4 is 21.8 Å². The molecule has 2 aromatic carbocycles. The summed E-state index contributed by atoms with van der Waals surface area (Å²) >= 11 is 0. The molecule has 0 unspecified atom stereocenters. The van der Waals surface area contributed by atoms with Gasteiger partial charge >= 0.3 is 5.97 Å². The van der Waals surface area contributed by atoms with Gasteiger partial charge < -0.3 is 4.74 Å². The minimum absolute atomic E-state index is 0.0392. The number of carbonyl (C=O) groups excluding carboxylic acids is 2. The third kappa shape index (κ3) is 5.00. The number of esters is 1. The van der Waals surface area contributed by atoms with Crippen LogP contribution in [0, 0.1) is 0 Å². The lowest BCUT2D eigenvalue weighted by Crippen LogP contribution is -2.30. The van der Waals surface area contributed by atoms with Crippen LogP contribution in [0.15, 0.2) is 59.5 Å². The van der Waals surface area contributed by atoms with E-state index >= 15 is 0 Å². The average molecular weight is 375 g/mol. The first-order chi connectivity index (χ1) is 12.2. The van der Waals surface area contributed by atoms with E-state index in [1.54, 1.807) is 44.2 Å². The third-order valence-corrected chi connectivity index (χ3v) is 5.14. The summed E-state index contributed by atoms with van der Waals surface area (Å²) < 4.78 is 32.1. The summed E-state index contributed by atoms with van der Waals surface area (Å²) in [7, 11) is -3.73. The number of rotatable bonds is 7. The van der Waals surface area contributed by atoms with Crippen molar-refractivity contribution in [2.45, 2.75) is 37.8 Å². The zero-order valence-corrected chi connectivity index (χ0v) is 15.6. The molecule has 0 saturated carbocycles. The average Bonchev–Trinajstić information content (AvgIpc) is 2.60. The molecule has 0 bridgehead atoms. The van der Waals surface area contributed by atoms with Gasteiger partial charge in [0, 0.05) is 11.6 Å². The molecule has 2 rings (SSSR count). The fraction of sp³-hybridized carbons (Fsp3) is 0.263. The molecule has 0 fully saturated rings. The van der Waals surface area contributed by atoms with E-state index in [2.05, 4.69) is 4.72 Å². The molecule has 1 atom stereocenters. The van der Waals surface area contributed by atoms with Crippen LogP contribution in [0.2, 0.25) is 0 Å². The van der Waals surface area contributed by atoms with Gasteiger partial charge in [0.2, 0.25) is 15.8 Å². The van der Waals surface area contributed by atoms with Crippen molar-refractivity contribution < 1.29 is 22.7 Å². The molecule has 1 N–H and O–H groups in total. The molecule has 0 amide bonds. The van der Waals surface area contributed by atoms with E-state index in [-0.39, 0.29) is 22.3 Å². The Hall–Kier alpha value is -2.51. The zero-order chi connectivity index (χ0) is 19.3. The fourth-order valence-electron chi connectivity index (χ4n) is 2.29. The number of Topliss-reactive ketones (excluding diaryl/α,β-unsaturated/α-hetero) is 1. The van der Waals surface area contributed by atoms with Crippen molar-refractivity contribution in [3.63, 3.8) is 0 Å². The number of nitrogens with one attached hydrogen (secondary N) is 1. The molecule has 0 aliphatic carbocycles. The Kier molecular flexibility index (Phi) is 6.28. The summed E-state index contributed by atoms with van der Waals surface area (Å²) in [5.41, 5.74) is 0.495.